The van der Waals surface area contributed by atoms with Gasteiger partial charge in [-0.05, 0) is 74.7 Å². The summed E-state index contributed by atoms with van der Waals surface area (Å²) >= 11 is 12.3. The van der Waals surface area contributed by atoms with Crippen molar-refractivity contribution in [2.45, 2.75) is 39.3 Å². The maximum absolute atomic E-state index is 6.22. The molecule has 6 heteroatoms. The van der Waals surface area contributed by atoms with Crippen LogP contribution < -0.4 is 9.47 Å². The highest BCUT2D eigenvalue weighted by molar-refractivity contribution is 6.32. The van der Waals surface area contributed by atoms with E-state index in [0.717, 1.165) is 58.3 Å². The Bertz CT molecular complexity index is 1210. The van der Waals surface area contributed by atoms with Crippen LogP contribution in [-0.4, -0.2) is 16.2 Å². The van der Waals surface area contributed by atoms with E-state index in [0.29, 0.717) is 11.6 Å². The van der Waals surface area contributed by atoms with Crippen LogP contribution in [0.3, 0.4) is 0 Å². The second kappa shape index (κ2) is 10.3. The Morgan fingerprint density at radius 1 is 0.938 bits per heavy atom. The highest BCUT2D eigenvalue weighted by Crippen LogP contribution is 2.28. The fourth-order valence-corrected chi connectivity index (χ4v) is 4.01. The second-order valence-electron chi connectivity index (χ2n) is 7.77. The van der Waals surface area contributed by atoms with Crippen LogP contribution in [0, 0.1) is 6.92 Å². The predicted molar refractivity (Wildman–Crippen MR) is 131 cm³/mol. The highest BCUT2D eigenvalue weighted by atomic mass is 35.5. The zero-order valence-corrected chi connectivity index (χ0v) is 19.7. The third kappa shape index (κ3) is 5.20. The molecular formula is C26H26Cl2N2O2. The average Bonchev–Trinajstić information content (AvgIpc) is 3.16. The molecule has 0 amide bonds. The van der Waals surface area contributed by atoms with Gasteiger partial charge in [-0.25, -0.2) is 4.98 Å². The molecule has 3 aromatic carbocycles. The standard InChI is InChI=1S/C26H26Cl2N2O2/c1-18-17-20(13-14-21(18)27)32-19(2)26-29-23-10-4-5-11-24(23)30(26)15-7-8-16-31-25-12-6-3-9-22(25)28/h3-6,9-14,17,19H,7-8,15-16H2,1-2H3. The molecule has 32 heavy (non-hydrogen) atoms. The van der Waals surface area contributed by atoms with Crippen molar-refractivity contribution in [2.75, 3.05) is 6.61 Å². The number of ether oxygens (including phenoxy) is 2. The van der Waals surface area contributed by atoms with Crippen LogP contribution in [0.1, 0.15) is 37.3 Å². The Balaban J connectivity index is 1.45. The SMILES string of the molecule is Cc1cc(OC(C)c2nc3ccccc3n2CCCCOc2ccccc2Cl)ccc1Cl. The van der Waals surface area contributed by atoms with Crippen LogP contribution in [0.5, 0.6) is 11.5 Å². The number of aryl methyl sites for hydroxylation is 2. The summed E-state index contributed by atoms with van der Waals surface area (Å²) in [5, 5.41) is 1.37. The van der Waals surface area contributed by atoms with Gasteiger partial charge in [0.15, 0.2) is 11.9 Å². The van der Waals surface area contributed by atoms with Crippen LogP contribution in [0.25, 0.3) is 11.0 Å². The van der Waals surface area contributed by atoms with Gasteiger partial charge in [0.1, 0.15) is 11.5 Å². The summed E-state index contributed by atoms with van der Waals surface area (Å²) in [6.07, 6.45) is 1.65. The van der Waals surface area contributed by atoms with Crippen molar-refractivity contribution >= 4 is 34.2 Å². The normalized spacial score (nSPS) is 12.1. The van der Waals surface area contributed by atoms with Crippen molar-refractivity contribution in [2.24, 2.45) is 0 Å². The van der Waals surface area contributed by atoms with Gasteiger partial charge in [0.05, 0.1) is 22.7 Å². The van der Waals surface area contributed by atoms with Gasteiger partial charge in [-0.15, -0.1) is 0 Å². The number of benzene rings is 3. The minimum Gasteiger partial charge on any atom is -0.492 e. The van der Waals surface area contributed by atoms with Gasteiger partial charge in [0, 0.05) is 11.6 Å². The van der Waals surface area contributed by atoms with Crippen molar-refractivity contribution in [1.82, 2.24) is 9.55 Å². The highest BCUT2D eigenvalue weighted by Gasteiger charge is 2.18. The molecule has 0 aliphatic rings. The topological polar surface area (TPSA) is 36.3 Å². The molecule has 0 fully saturated rings. The van der Waals surface area contributed by atoms with Crippen LogP contribution in [0.15, 0.2) is 66.7 Å². The molecule has 1 atom stereocenters. The molecule has 0 bridgehead atoms. The van der Waals surface area contributed by atoms with E-state index in [1.807, 2.05) is 74.5 Å². The van der Waals surface area contributed by atoms with Gasteiger partial charge >= 0.3 is 0 Å². The van der Waals surface area contributed by atoms with Gasteiger partial charge in [0.25, 0.3) is 0 Å². The third-order valence-corrected chi connectivity index (χ3v) is 6.10. The summed E-state index contributed by atoms with van der Waals surface area (Å²) in [5.74, 6) is 2.42. The molecule has 1 heterocycles. The predicted octanol–water partition coefficient (Wildman–Crippen LogP) is 7.65. The molecule has 0 saturated carbocycles. The van der Waals surface area contributed by atoms with Gasteiger partial charge in [-0.2, -0.15) is 0 Å². The summed E-state index contributed by atoms with van der Waals surface area (Å²) in [6, 6.07) is 21.5. The Morgan fingerprint density at radius 2 is 1.72 bits per heavy atom. The zero-order chi connectivity index (χ0) is 22.5. The lowest BCUT2D eigenvalue weighted by Crippen LogP contribution is -2.13. The fraction of sp³-hybridized carbons (Fsp3) is 0.269. The smallest absolute Gasteiger partial charge is 0.153 e. The summed E-state index contributed by atoms with van der Waals surface area (Å²) in [6.45, 7) is 5.44. The van der Waals surface area contributed by atoms with Crippen molar-refractivity contribution < 1.29 is 9.47 Å². The zero-order valence-electron chi connectivity index (χ0n) is 18.2. The fourth-order valence-electron chi connectivity index (χ4n) is 3.70. The van der Waals surface area contributed by atoms with E-state index in [1.165, 1.54) is 0 Å². The number of nitrogens with zero attached hydrogens (tertiary/aromatic N) is 2. The number of halogens is 2. The molecule has 0 saturated heterocycles. The quantitative estimate of drug-likeness (QED) is 0.236. The van der Waals surface area contributed by atoms with Crippen molar-refractivity contribution in [3.8, 4) is 11.5 Å². The van der Waals surface area contributed by atoms with Crippen LogP contribution in [-0.2, 0) is 6.54 Å². The number of aromatic nitrogens is 2. The molecule has 0 N–H and O–H groups in total. The molecule has 4 nitrogen and oxygen atoms in total. The Morgan fingerprint density at radius 3 is 2.53 bits per heavy atom. The molecule has 4 aromatic rings. The van der Waals surface area contributed by atoms with E-state index in [-0.39, 0.29) is 6.10 Å². The molecular weight excluding hydrogens is 443 g/mol. The van der Waals surface area contributed by atoms with E-state index in [1.54, 1.807) is 0 Å². The van der Waals surface area contributed by atoms with Crippen molar-refractivity contribution in [1.29, 1.82) is 0 Å². The molecule has 4 rings (SSSR count). The molecule has 0 aliphatic heterocycles. The maximum atomic E-state index is 6.22. The molecule has 1 unspecified atom stereocenters. The number of imidazole rings is 1. The number of hydrogen-bond donors (Lipinski definition) is 0. The molecule has 0 radical (unpaired) electrons. The van der Waals surface area contributed by atoms with E-state index in [9.17, 15) is 0 Å². The van der Waals surface area contributed by atoms with Gasteiger partial charge in [-0.1, -0.05) is 47.5 Å². The number of para-hydroxylation sites is 3. The number of hydrogen-bond acceptors (Lipinski definition) is 3. The van der Waals surface area contributed by atoms with Crippen LogP contribution in [0.4, 0.5) is 0 Å². The van der Waals surface area contributed by atoms with E-state index in [2.05, 4.69) is 10.6 Å². The second-order valence-corrected chi connectivity index (χ2v) is 8.58. The first-order valence-electron chi connectivity index (χ1n) is 10.8. The molecule has 0 spiro atoms. The van der Waals surface area contributed by atoms with Crippen LogP contribution in [0.2, 0.25) is 10.0 Å². The lowest BCUT2D eigenvalue weighted by Gasteiger charge is -2.17. The van der Waals surface area contributed by atoms with Crippen molar-refractivity contribution in [3.63, 3.8) is 0 Å². The molecule has 0 aliphatic carbocycles. The summed E-state index contributed by atoms with van der Waals surface area (Å²) < 4.78 is 14.3. The first-order chi connectivity index (χ1) is 15.5. The average molecular weight is 469 g/mol. The summed E-state index contributed by atoms with van der Waals surface area (Å²) in [4.78, 5) is 4.87. The molecule has 166 valence electrons. The Hall–Kier alpha value is -2.69. The van der Waals surface area contributed by atoms with Crippen LogP contribution >= 0.6 is 23.2 Å². The van der Waals surface area contributed by atoms with E-state index in [4.69, 9.17) is 37.7 Å². The Kier molecular flexibility index (Phi) is 7.23. The van der Waals surface area contributed by atoms with Gasteiger partial charge in [0.2, 0.25) is 0 Å². The third-order valence-electron chi connectivity index (χ3n) is 5.36. The monoisotopic (exact) mass is 468 g/mol. The summed E-state index contributed by atoms with van der Waals surface area (Å²) in [5.41, 5.74) is 3.07. The molecule has 1 aromatic heterocycles. The first kappa shape index (κ1) is 22.5. The van der Waals surface area contributed by atoms with E-state index < -0.39 is 0 Å². The lowest BCUT2D eigenvalue weighted by atomic mass is 10.2. The van der Waals surface area contributed by atoms with Gasteiger partial charge in [-0.3, -0.25) is 0 Å². The Labute approximate surface area is 198 Å². The largest absolute Gasteiger partial charge is 0.492 e. The number of fused-ring (bicyclic) bond motifs is 1. The number of unbranched alkanes of at least 4 members (excludes halogenated alkanes) is 1. The first-order valence-corrected chi connectivity index (χ1v) is 11.5. The lowest BCUT2D eigenvalue weighted by molar-refractivity contribution is 0.210. The van der Waals surface area contributed by atoms with Crippen molar-refractivity contribution in [3.05, 3.63) is 88.2 Å². The minimum atomic E-state index is -0.206. The minimum absolute atomic E-state index is 0.206. The van der Waals surface area contributed by atoms with E-state index >= 15 is 0 Å². The summed E-state index contributed by atoms with van der Waals surface area (Å²) in [7, 11) is 0. The maximum Gasteiger partial charge on any atom is 0.153 e. The number of rotatable bonds is 9. The van der Waals surface area contributed by atoms with Gasteiger partial charge < -0.3 is 14.0 Å².